The highest BCUT2D eigenvalue weighted by Crippen LogP contribution is 2.14. The molecule has 0 aliphatic carbocycles. The van der Waals surface area contributed by atoms with Crippen molar-refractivity contribution in [1.82, 2.24) is 15.3 Å². The number of nitrogens with one attached hydrogen (secondary N) is 1. The highest BCUT2D eigenvalue weighted by atomic mass is 14.9. The molecule has 0 saturated heterocycles. The maximum Gasteiger partial charge on any atom is 0.125 e. The normalized spacial score (nSPS) is 11.9. The van der Waals surface area contributed by atoms with Crippen LogP contribution in [0.5, 0.6) is 0 Å². The van der Waals surface area contributed by atoms with Gasteiger partial charge in [-0.25, -0.2) is 9.97 Å². The minimum atomic E-state index is 0.171. The van der Waals surface area contributed by atoms with Crippen molar-refractivity contribution in [3.63, 3.8) is 0 Å². The Bertz CT molecular complexity index is 366. The summed E-state index contributed by atoms with van der Waals surface area (Å²) in [6.07, 6.45) is 2.99. The SMILES string of the molecule is CCc1nc(C)nc(CC)c1CCNC(C)(C)C. The molecule has 0 spiro atoms. The largest absolute Gasteiger partial charge is 0.312 e. The van der Waals surface area contributed by atoms with Gasteiger partial charge in [0.1, 0.15) is 5.82 Å². The second-order valence-corrected chi connectivity index (χ2v) is 5.78. The number of aromatic nitrogens is 2. The van der Waals surface area contributed by atoms with Gasteiger partial charge in [0.15, 0.2) is 0 Å². The van der Waals surface area contributed by atoms with Gasteiger partial charge in [-0.05, 0) is 59.1 Å². The summed E-state index contributed by atoms with van der Waals surface area (Å²) in [5, 5.41) is 3.53. The first kappa shape index (κ1) is 15.1. The average Bonchev–Trinajstić information content (AvgIpc) is 2.28. The van der Waals surface area contributed by atoms with Gasteiger partial charge in [0.25, 0.3) is 0 Å². The first-order valence-corrected chi connectivity index (χ1v) is 6.97. The summed E-state index contributed by atoms with van der Waals surface area (Å²) < 4.78 is 0. The second kappa shape index (κ2) is 6.28. The Kier molecular flexibility index (Phi) is 5.27. The van der Waals surface area contributed by atoms with Crippen molar-refractivity contribution in [1.29, 1.82) is 0 Å². The summed E-state index contributed by atoms with van der Waals surface area (Å²) in [5.74, 6) is 0.899. The van der Waals surface area contributed by atoms with Crippen LogP contribution in [0, 0.1) is 6.92 Å². The van der Waals surface area contributed by atoms with Crippen LogP contribution >= 0.6 is 0 Å². The van der Waals surface area contributed by atoms with Gasteiger partial charge in [-0.2, -0.15) is 0 Å². The molecule has 1 aromatic rings. The zero-order chi connectivity index (χ0) is 13.8. The Morgan fingerprint density at radius 1 is 1.00 bits per heavy atom. The van der Waals surface area contributed by atoms with Crippen molar-refractivity contribution in [2.24, 2.45) is 0 Å². The molecule has 0 aromatic carbocycles. The molecule has 3 nitrogen and oxygen atoms in total. The zero-order valence-corrected chi connectivity index (χ0v) is 12.7. The maximum absolute atomic E-state index is 4.58. The van der Waals surface area contributed by atoms with Crippen molar-refractivity contribution in [2.75, 3.05) is 6.54 Å². The first-order valence-electron chi connectivity index (χ1n) is 6.97. The molecular formula is C15H27N3. The van der Waals surface area contributed by atoms with Crippen LogP contribution < -0.4 is 5.32 Å². The molecule has 1 heterocycles. The van der Waals surface area contributed by atoms with Crippen LogP contribution in [0.15, 0.2) is 0 Å². The minimum absolute atomic E-state index is 0.171. The molecule has 0 amide bonds. The number of hydrogen-bond acceptors (Lipinski definition) is 3. The van der Waals surface area contributed by atoms with Gasteiger partial charge < -0.3 is 5.32 Å². The van der Waals surface area contributed by atoms with Crippen LogP contribution in [-0.2, 0) is 19.3 Å². The van der Waals surface area contributed by atoms with E-state index in [1.165, 1.54) is 17.0 Å². The van der Waals surface area contributed by atoms with E-state index in [4.69, 9.17) is 0 Å². The summed E-state index contributed by atoms with van der Waals surface area (Å²) in [6, 6.07) is 0. The van der Waals surface area contributed by atoms with Gasteiger partial charge in [0.2, 0.25) is 0 Å². The molecular weight excluding hydrogens is 222 g/mol. The van der Waals surface area contributed by atoms with E-state index < -0.39 is 0 Å². The van der Waals surface area contributed by atoms with E-state index in [1.54, 1.807) is 0 Å². The quantitative estimate of drug-likeness (QED) is 0.872. The molecule has 1 aromatic heterocycles. The second-order valence-electron chi connectivity index (χ2n) is 5.78. The van der Waals surface area contributed by atoms with E-state index in [9.17, 15) is 0 Å². The number of rotatable bonds is 5. The van der Waals surface area contributed by atoms with Crippen LogP contribution in [0.3, 0.4) is 0 Å². The van der Waals surface area contributed by atoms with Crippen molar-refractivity contribution in [3.05, 3.63) is 22.8 Å². The topological polar surface area (TPSA) is 37.8 Å². The minimum Gasteiger partial charge on any atom is -0.312 e. The van der Waals surface area contributed by atoms with E-state index >= 15 is 0 Å². The number of nitrogens with zero attached hydrogens (tertiary/aromatic N) is 2. The Hall–Kier alpha value is -0.960. The molecule has 1 N–H and O–H groups in total. The zero-order valence-electron chi connectivity index (χ0n) is 12.7. The van der Waals surface area contributed by atoms with Crippen LogP contribution in [-0.4, -0.2) is 22.1 Å². The molecule has 0 fully saturated rings. The third-order valence-corrected chi connectivity index (χ3v) is 2.99. The molecule has 0 saturated carbocycles. The van der Waals surface area contributed by atoms with E-state index in [0.29, 0.717) is 0 Å². The fraction of sp³-hybridized carbons (Fsp3) is 0.733. The lowest BCUT2D eigenvalue weighted by atomic mass is 10.0. The Morgan fingerprint density at radius 2 is 1.50 bits per heavy atom. The molecule has 0 radical (unpaired) electrons. The van der Waals surface area contributed by atoms with Gasteiger partial charge in [-0.15, -0.1) is 0 Å². The summed E-state index contributed by atoms with van der Waals surface area (Å²) in [4.78, 5) is 9.15. The predicted molar refractivity (Wildman–Crippen MR) is 77.0 cm³/mol. The van der Waals surface area contributed by atoms with Crippen LogP contribution in [0.2, 0.25) is 0 Å². The lowest BCUT2D eigenvalue weighted by Gasteiger charge is -2.21. The van der Waals surface area contributed by atoms with Crippen molar-refractivity contribution < 1.29 is 0 Å². The van der Waals surface area contributed by atoms with Gasteiger partial charge in [0.05, 0.1) is 0 Å². The molecule has 1 rings (SSSR count). The van der Waals surface area contributed by atoms with Crippen molar-refractivity contribution >= 4 is 0 Å². The van der Waals surface area contributed by atoms with Crippen molar-refractivity contribution in [2.45, 2.75) is 66.3 Å². The number of hydrogen-bond donors (Lipinski definition) is 1. The molecule has 0 aliphatic heterocycles. The summed E-state index contributed by atoms with van der Waals surface area (Å²) in [6.45, 7) is 13.9. The monoisotopic (exact) mass is 249 g/mol. The highest BCUT2D eigenvalue weighted by Gasteiger charge is 2.13. The molecule has 18 heavy (non-hydrogen) atoms. The van der Waals surface area contributed by atoms with E-state index in [2.05, 4.69) is 49.9 Å². The fourth-order valence-electron chi connectivity index (χ4n) is 2.15. The number of aryl methyl sites for hydroxylation is 3. The lowest BCUT2D eigenvalue weighted by Crippen LogP contribution is -2.37. The van der Waals surface area contributed by atoms with Gasteiger partial charge >= 0.3 is 0 Å². The molecule has 3 heteroatoms. The molecule has 0 aliphatic rings. The fourth-order valence-corrected chi connectivity index (χ4v) is 2.15. The average molecular weight is 249 g/mol. The molecule has 102 valence electrons. The lowest BCUT2D eigenvalue weighted by molar-refractivity contribution is 0.428. The first-order chi connectivity index (χ1) is 8.37. The molecule has 0 unspecified atom stereocenters. The summed E-state index contributed by atoms with van der Waals surface area (Å²) in [7, 11) is 0. The summed E-state index contributed by atoms with van der Waals surface area (Å²) >= 11 is 0. The Morgan fingerprint density at radius 3 is 1.89 bits per heavy atom. The standard InChI is InChI=1S/C15H27N3/c1-7-13-12(9-10-16-15(4,5)6)14(8-2)18-11(3)17-13/h16H,7-10H2,1-6H3. The van der Waals surface area contributed by atoms with Crippen molar-refractivity contribution in [3.8, 4) is 0 Å². The third-order valence-electron chi connectivity index (χ3n) is 2.99. The summed E-state index contributed by atoms with van der Waals surface area (Å²) in [5.41, 5.74) is 3.96. The van der Waals surface area contributed by atoms with Crippen LogP contribution in [0.1, 0.15) is 57.4 Å². The Balaban J connectivity index is 2.86. The maximum atomic E-state index is 4.58. The highest BCUT2D eigenvalue weighted by molar-refractivity contribution is 5.26. The van der Waals surface area contributed by atoms with E-state index in [-0.39, 0.29) is 5.54 Å². The van der Waals surface area contributed by atoms with E-state index in [1.807, 2.05) is 6.92 Å². The third kappa shape index (κ3) is 4.37. The van der Waals surface area contributed by atoms with Crippen LogP contribution in [0.25, 0.3) is 0 Å². The predicted octanol–water partition coefficient (Wildman–Crippen LogP) is 2.84. The van der Waals surface area contributed by atoms with Gasteiger partial charge in [-0.3, -0.25) is 0 Å². The van der Waals surface area contributed by atoms with Crippen LogP contribution in [0.4, 0.5) is 0 Å². The molecule has 0 atom stereocenters. The van der Waals surface area contributed by atoms with Gasteiger partial charge in [-0.1, -0.05) is 13.8 Å². The van der Waals surface area contributed by atoms with Gasteiger partial charge in [0, 0.05) is 16.9 Å². The van der Waals surface area contributed by atoms with E-state index in [0.717, 1.165) is 31.6 Å². The smallest absolute Gasteiger partial charge is 0.125 e. The Labute approximate surface area is 111 Å². The molecule has 0 bridgehead atoms.